The third kappa shape index (κ3) is 3.56. The molecule has 3 aromatic rings. The first-order valence-electron chi connectivity index (χ1n) is 10.6. The minimum absolute atomic E-state index is 0.0334. The molecule has 0 radical (unpaired) electrons. The van der Waals surface area contributed by atoms with Gasteiger partial charge in [-0.15, -0.1) is 0 Å². The zero-order valence-electron chi connectivity index (χ0n) is 16.8. The number of fused-ring (bicyclic) bond motifs is 1. The number of phenols is 1. The lowest BCUT2D eigenvalue weighted by molar-refractivity contribution is 0.0652. The number of pyridine rings is 1. The number of benzene rings is 2. The summed E-state index contributed by atoms with van der Waals surface area (Å²) in [6.07, 6.45) is 3.60. The van der Waals surface area contributed by atoms with Gasteiger partial charge in [0, 0.05) is 41.6 Å². The van der Waals surface area contributed by atoms with Crippen molar-refractivity contribution in [1.82, 2.24) is 9.88 Å². The quantitative estimate of drug-likeness (QED) is 0.652. The number of aromatic nitrogens is 1. The van der Waals surface area contributed by atoms with E-state index in [-0.39, 0.29) is 23.4 Å². The topological polar surface area (TPSA) is 70.5 Å². The Morgan fingerprint density at radius 1 is 0.933 bits per heavy atom. The predicted molar refractivity (Wildman–Crippen MR) is 115 cm³/mol. The van der Waals surface area contributed by atoms with Crippen molar-refractivity contribution in [3.05, 3.63) is 71.4 Å². The number of carbonyl (C=O) groups excluding carboxylic acids is 2. The van der Waals surface area contributed by atoms with E-state index in [0.29, 0.717) is 37.4 Å². The van der Waals surface area contributed by atoms with Gasteiger partial charge in [0.15, 0.2) is 5.78 Å². The van der Waals surface area contributed by atoms with Gasteiger partial charge in [0.2, 0.25) is 0 Å². The second-order valence-corrected chi connectivity index (χ2v) is 8.36. The molecule has 0 atom stereocenters. The van der Waals surface area contributed by atoms with Crippen molar-refractivity contribution in [2.24, 2.45) is 5.92 Å². The number of nitrogens with zero attached hydrogens (tertiary/aromatic N) is 2. The Morgan fingerprint density at radius 3 is 2.33 bits per heavy atom. The van der Waals surface area contributed by atoms with Gasteiger partial charge in [0.05, 0.1) is 11.1 Å². The average molecular weight is 400 g/mol. The summed E-state index contributed by atoms with van der Waals surface area (Å²) in [7, 11) is 0. The highest BCUT2D eigenvalue weighted by atomic mass is 16.3. The number of aromatic hydroxyl groups is 1. The number of ketones is 1. The lowest BCUT2D eigenvalue weighted by Gasteiger charge is -2.31. The lowest BCUT2D eigenvalue weighted by Crippen LogP contribution is -2.40. The van der Waals surface area contributed by atoms with Gasteiger partial charge in [0.25, 0.3) is 5.91 Å². The summed E-state index contributed by atoms with van der Waals surface area (Å²) in [5, 5.41) is 10.3. The summed E-state index contributed by atoms with van der Waals surface area (Å²) in [5.41, 5.74) is 3.25. The van der Waals surface area contributed by atoms with Crippen molar-refractivity contribution in [2.45, 2.75) is 31.6 Å². The Labute approximate surface area is 175 Å². The van der Waals surface area contributed by atoms with Crippen molar-refractivity contribution in [3.63, 3.8) is 0 Å². The fourth-order valence-corrected chi connectivity index (χ4v) is 4.34. The van der Waals surface area contributed by atoms with Crippen LogP contribution >= 0.6 is 0 Å². The summed E-state index contributed by atoms with van der Waals surface area (Å²) in [6.45, 7) is 1.14. The Morgan fingerprint density at radius 2 is 1.63 bits per heavy atom. The molecule has 2 aliphatic rings. The van der Waals surface area contributed by atoms with Crippen molar-refractivity contribution in [2.75, 3.05) is 13.1 Å². The number of Topliss-reactive ketones (excluding diaryl/α,β-unsaturated/α-hetero) is 1. The van der Waals surface area contributed by atoms with Crippen LogP contribution in [-0.4, -0.2) is 39.8 Å². The van der Waals surface area contributed by atoms with Crippen LogP contribution in [0, 0.1) is 5.92 Å². The van der Waals surface area contributed by atoms with E-state index in [9.17, 15) is 14.7 Å². The van der Waals surface area contributed by atoms with Crippen LogP contribution in [0.25, 0.3) is 10.9 Å². The van der Waals surface area contributed by atoms with Gasteiger partial charge in [-0.2, -0.15) is 0 Å². The van der Waals surface area contributed by atoms with E-state index in [2.05, 4.69) is 0 Å². The molecule has 1 saturated heterocycles. The summed E-state index contributed by atoms with van der Waals surface area (Å²) < 4.78 is 0. The smallest absolute Gasteiger partial charge is 0.254 e. The monoisotopic (exact) mass is 400 g/mol. The number of rotatable bonds is 4. The van der Waals surface area contributed by atoms with Crippen LogP contribution in [0.4, 0.5) is 0 Å². The Bertz CT molecular complexity index is 1110. The van der Waals surface area contributed by atoms with Gasteiger partial charge in [-0.25, -0.2) is 0 Å². The first-order valence-corrected chi connectivity index (χ1v) is 10.6. The molecule has 1 saturated carbocycles. The number of hydrogen-bond acceptors (Lipinski definition) is 4. The lowest BCUT2D eigenvalue weighted by atomic mass is 9.88. The second-order valence-electron chi connectivity index (χ2n) is 8.36. The van der Waals surface area contributed by atoms with Crippen molar-refractivity contribution in [1.29, 1.82) is 0 Å². The van der Waals surface area contributed by atoms with E-state index in [4.69, 9.17) is 4.98 Å². The fraction of sp³-hybridized carbons (Fsp3) is 0.320. The largest absolute Gasteiger partial charge is 0.508 e. The van der Waals surface area contributed by atoms with E-state index in [0.717, 1.165) is 35.0 Å². The van der Waals surface area contributed by atoms with Gasteiger partial charge < -0.3 is 10.0 Å². The first-order chi connectivity index (χ1) is 14.6. The molecule has 0 unspecified atom stereocenters. The number of likely N-dealkylation sites (tertiary alicyclic amines) is 1. The van der Waals surface area contributed by atoms with Crippen molar-refractivity contribution in [3.8, 4) is 5.75 Å². The zero-order valence-corrected chi connectivity index (χ0v) is 16.8. The third-order valence-corrected chi connectivity index (χ3v) is 6.27. The summed E-state index contributed by atoms with van der Waals surface area (Å²) in [6, 6.07) is 16.2. The van der Waals surface area contributed by atoms with E-state index in [1.54, 1.807) is 12.1 Å². The predicted octanol–water partition coefficient (Wildman–Crippen LogP) is 4.55. The summed E-state index contributed by atoms with van der Waals surface area (Å²) in [5.74, 6) is 0.672. The van der Waals surface area contributed by atoms with Gasteiger partial charge in [0.1, 0.15) is 5.75 Å². The number of carbonyl (C=O) groups is 2. The van der Waals surface area contributed by atoms with Crippen LogP contribution in [0.3, 0.4) is 0 Å². The number of piperidine rings is 1. The summed E-state index contributed by atoms with van der Waals surface area (Å²) >= 11 is 0. The van der Waals surface area contributed by atoms with Crippen LogP contribution in [0.2, 0.25) is 0 Å². The molecule has 30 heavy (non-hydrogen) atoms. The minimum Gasteiger partial charge on any atom is -0.508 e. The standard InChI is InChI=1S/C25H24N2O3/c28-19-9-7-17(8-10-19)24(29)18-11-13-27(14-12-18)25(30)21-15-23(16-5-6-16)26-22-4-2-1-3-20(21)22/h1-4,7-10,15-16,18,28H,5-6,11-14H2. The van der Waals surface area contributed by atoms with Gasteiger partial charge in [-0.1, -0.05) is 18.2 Å². The fourth-order valence-electron chi connectivity index (χ4n) is 4.34. The van der Waals surface area contributed by atoms with Gasteiger partial charge in [-0.05, 0) is 62.1 Å². The molecule has 2 heterocycles. The molecule has 1 amide bonds. The SMILES string of the molecule is O=C(c1ccc(O)cc1)C1CCN(C(=O)c2cc(C3CC3)nc3ccccc23)CC1. The molecule has 5 nitrogen and oxygen atoms in total. The summed E-state index contributed by atoms with van der Waals surface area (Å²) in [4.78, 5) is 32.8. The van der Waals surface area contributed by atoms with E-state index < -0.39 is 0 Å². The van der Waals surface area contributed by atoms with Crippen molar-refractivity contribution >= 4 is 22.6 Å². The highest BCUT2D eigenvalue weighted by molar-refractivity contribution is 6.06. The maximum Gasteiger partial charge on any atom is 0.254 e. The minimum atomic E-state index is -0.0881. The molecule has 1 aliphatic heterocycles. The van der Waals surface area contributed by atoms with Crippen LogP contribution < -0.4 is 0 Å². The Kier molecular flexibility index (Phi) is 4.74. The maximum atomic E-state index is 13.4. The highest BCUT2D eigenvalue weighted by Gasteiger charge is 2.31. The highest BCUT2D eigenvalue weighted by Crippen LogP contribution is 2.40. The van der Waals surface area contributed by atoms with Crippen LogP contribution in [-0.2, 0) is 0 Å². The second kappa shape index (κ2) is 7.56. The van der Waals surface area contributed by atoms with Crippen LogP contribution in [0.15, 0.2) is 54.6 Å². The van der Waals surface area contributed by atoms with E-state index >= 15 is 0 Å². The van der Waals surface area contributed by atoms with Gasteiger partial charge >= 0.3 is 0 Å². The number of phenolic OH excluding ortho intramolecular Hbond substituents is 1. The molecule has 0 bridgehead atoms. The molecule has 1 aromatic heterocycles. The van der Waals surface area contributed by atoms with E-state index in [1.165, 1.54) is 12.1 Å². The average Bonchev–Trinajstić information content (AvgIpc) is 3.64. The molecule has 152 valence electrons. The first kappa shape index (κ1) is 18.8. The maximum absolute atomic E-state index is 13.4. The molecule has 1 aliphatic carbocycles. The van der Waals surface area contributed by atoms with Crippen LogP contribution in [0.1, 0.15) is 58.0 Å². The molecule has 2 aromatic carbocycles. The number of hydrogen-bond donors (Lipinski definition) is 1. The Hall–Kier alpha value is -3.21. The molecule has 0 spiro atoms. The molecular formula is C25H24N2O3. The number of amides is 1. The molecular weight excluding hydrogens is 376 g/mol. The number of para-hydroxylation sites is 1. The molecule has 5 rings (SSSR count). The third-order valence-electron chi connectivity index (χ3n) is 6.27. The Balaban J connectivity index is 1.34. The van der Waals surface area contributed by atoms with Crippen molar-refractivity contribution < 1.29 is 14.7 Å². The molecule has 1 N–H and O–H groups in total. The zero-order chi connectivity index (χ0) is 20.7. The normalized spacial score (nSPS) is 17.3. The van der Waals surface area contributed by atoms with Crippen LogP contribution in [0.5, 0.6) is 5.75 Å². The molecule has 5 heteroatoms. The van der Waals surface area contributed by atoms with Gasteiger partial charge in [-0.3, -0.25) is 14.6 Å². The van der Waals surface area contributed by atoms with E-state index in [1.807, 2.05) is 35.2 Å². The molecule has 2 fully saturated rings.